The van der Waals surface area contributed by atoms with E-state index in [0.717, 1.165) is 18.6 Å². The zero-order valence-electron chi connectivity index (χ0n) is 11.8. The summed E-state index contributed by atoms with van der Waals surface area (Å²) >= 11 is 1.58. The number of rotatable bonds is 7. The van der Waals surface area contributed by atoms with Gasteiger partial charge in [-0.3, -0.25) is 10.1 Å². The maximum atomic E-state index is 12.0. The number of nitrogens with one attached hydrogen (secondary N) is 1. The summed E-state index contributed by atoms with van der Waals surface area (Å²) in [5.41, 5.74) is -1.14. The molecule has 102 valence electrons. The van der Waals surface area contributed by atoms with E-state index in [1.807, 2.05) is 6.92 Å². The van der Waals surface area contributed by atoms with Crippen LogP contribution in [0, 0.1) is 5.41 Å². The fraction of sp³-hybridized carbons (Fsp3) is 0.750. The third kappa shape index (κ3) is 4.77. The summed E-state index contributed by atoms with van der Waals surface area (Å²) in [6.07, 6.45) is 3.28. The number of thioether (sulfide) groups is 1. The van der Waals surface area contributed by atoms with Gasteiger partial charge in [-0.1, -0.05) is 26.7 Å². The second-order valence-electron chi connectivity index (χ2n) is 4.41. The number of hydrogen-bond acceptors (Lipinski definition) is 4. The standard InChI is InChI=1S/C12H20N2O3S.Na/c1-3-5-7-18-8-12(6-4-2)9(15)13-11(17)14-10(12)16;/h3-8H2,1-2H3,(H2,13,14,15,16,17);/q;+1/p-1. The van der Waals surface area contributed by atoms with E-state index >= 15 is 0 Å². The van der Waals surface area contributed by atoms with E-state index in [0.29, 0.717) is 18.6 Å². The van der Waals surface area contributed by atoms with Crippen molar-refractivity contribution in [1.29, 1.82) is 0 Å². The number of nitrogens with zero attached hydrogens (tertiary/aromatic N) is 1. The van der Waals surface area contributed by atoms with Crippen LogP contribution in [0.5, 0.6) is 0 Å². The molecule has 1 unspecified atom stereocenters. The molecule has 1 N–H and O–H groups in total. The van der Waals surface area contributed by atoms with Crippen LogP contribution in [0.3, 0.4) is 0 Å². The third-order valence-corrected chi connectivity index (χ3v) is 4.21. The summed E-state index contributed by atoms with van der Waals surface area (Å²) in [4.78, 5) is 26.4. The molecule has 0 saturated carbocycles. The average molecular weight is 294 g/mol. The molecule has 7 heteroatoms. The Labute approximate surface area is 140 Å². The van der Waals surface area contributed by atoms with Crippen molar-refractivity contribution in [2.45, 2.75) is 39.5 Å². The van der Waals surface area contributed by atoms with Crippen molar-refractivity contribution < 1.29 is 44.3 Å². The molecule has 0 aromatic carbocycles. The van der Waals surface area contributed by atoms with E-state index in [2.05, 4.69) is 17.2 Å². The largest absolute Gasteiger partial charge is 1.00 e. The number of hydrogen-bond donors (Lipinski definition) is 1. The summed E-state index contributed by atoms with van der Waals surface area (Å²) < 4.78 is 0. The van der Waals surface area contributed by atoms with Gasteiger partial charge in [-0.05, 0) is 24.5 Å². The van der Waals surface area contributed by atoms with Crippen LogP contribution in [0.2, 0.25) is 0 Å². The van der Waals surface area contributed by atoms with Crippen molar-refractivity contribution in [3.8, 4) is 0 Å². The smallest absolute Gasteiger partial charge is 0.861 e. The average Bonchev–Trinajstić information content (AvgIpc) is 2.31. The maximum Gasteiger partial charge on any atom is 1.00 e. The summed E-state index contributed by atoms with van der Waals surface area (Å²) in [6, 6.07) is -0.838. The predicted molar refractivity (Wildman–Crippen MR) is 70.5 cm³/mol. The third-order valence-electron chi connectivity index (χ3n) is 2.94. The monoisotopic (exact) mass is 294 g/mol. The van der Waals surface area contributed by atoms with E-state index in [1.165, 1.54) is 0 Å². The molecule has 0 fully saturated rings. The number of urea groups is 1. The Morgan fingerprint density at radius 2 is 2.00 bits per heavy atom. The van der Waals surface area contributed by atoms with E-state index in [-0.39, 0.29) is 29.6 Å². The Kier molecular flexibility index (Phi) is 8.98. The summed E-state index contributed by atoms with van der Waals surface area (Å²) in [5.74, 6) is 0.249. The molecule has 19 heavy (non-hydrogen) atoms. The van der Waals surface area contributed by atoms with E-state index in [4.69, 9.17) is 0 Å². The second-order valence-corrected chi connectivity index (χ2v) is 5.52. The fourth-order valence-corrected chi connectivity index (χ4v) is 3.27. The molecule has 1 aliphatic heterocycles. The fourth-order valence-electron chi connectivity index (χ4n) is 1.88. The van der Waals surface area contributed by atoms with Crippen LogP contribution >= 0.6 is 11.8 Å². The normalized spacial score (nSPS) is 22.5. The van der Waals surface area contributed by atoms with Crippen molar-refractivity contribution in [3.63, 3.8) is 0 Å². The minimum atomic E-state index is -1.14. The topological polar surface area (TPSA) is 81.6 Å². The van der Waals surface area contributed by atoms with Crippen LogP contribution < -0.4 is 40.0 Å². The van der Waals surface area contributed by atoms with Gasteiger partial charge in [0.1, 0.15) is 0 Å². The van der Waals surface area contributed by atoms with Crippen molar-refractivity contribution in [2.24, 2.45) is 10.4 Å². The molecular formula is C12H19N2NaO3S. The van der Waals surface area contributed by atoms with Crippen molar-refractivity contribution in [3.05, 3.63) is 0 Å². The molecule has 0 radical (unpaired) electrons. The van der Waals surface area contributed by atoms with Gasteiger partial charge >= 0.3 is 35.6 Å². The first kappa shape index (κ1) is 19.0. The van der Waals surface area contributed by atoms with Gasteiger partial charge in [-0.15, -0.1) is 0 Å². The van der Waals surface area contributed by atoms with Gasteiger partial charge in [0.05, 0.1) is 5.41 Å². The van der Waals surface area contributed by atoms with Gasteiger partial charge in [0.15, 0.2) is 0 Å². The molecule has 0 aromatic rings. The van der Waals surface area contributed by atoms with E-state index < -0.39 is 23.3 Å². The molecule has 0 spiro atoms. The Bertz CT molecular complexity index is 363. The number of aliphatic imine (C=N–C) groups is 1. The van der Waals surface area contributed by atoms with Gasteiger partial charge in [0.25, 0.3) is 0 Å². The minimum Gasteiger partial charge on any atom is -0.861 e. The molecule has 1 aliphatic rings. The minimum absolute atomic E-state index is 0. The first-order chi connectivity index (χ1) is 8.56. The van der Waals surface area contributed by atoms with Gasteiger partial charge in [-0.25, -0.2) is 9.79 Å². The van der Waals surface area contributed by atoms with Crippen LogP contribution in [0.4, 0.5) is 4.79 Å². The SMILES string of the molecule is CCCCSCC1(CCC)C(=O)NC(=O)N=C1[O-].[Na+]. The molecule has 1 heterocycles. The van der Waals surface area contributed by atoms with E-state index in [9.17, 15) is 14.7 Å². The van der Waals surface area contributed by atoms with Crippen LogP contribution in [0.15, 0.2) is 4.99 Å². The van der Waals surface area contributed by atoms with Crippen molar-refractivity contribution in [1.82, 2.24) is 5.32 Å². The Balaban J connectivity index is 0.00000324. The zero-order chi connectivity index (χ0) is 13.6. The van der Waals surface area contributed by atoms with Crippen LogP contribution in [0.25, 0.3) is 0 Å². The Morgan fingerprint density at radius 1 is 1.32 bits per heavy atom. The molecule has 3 amide bonds. The molecule has 1 rings (SSSR count). The van der Waals surface area contributed by atoms with Crippen LogP contribution in [-0.4, -0.2) is 29.3 Å². The first-order valence-electron chi connectivity index (χ1n) is 6.26. The van der Waals surface area contributed by atoms with E-state index in [1.54, 1.807) is 11.8 Å². The molecule has 0 aliphatic carbocycles. The van der Waals surface area contributed by atoms with Crippen LogP contribution in [0.1, 0.15) is 39.5 Å². The summed E-state index contributed by atoms with van der Waals surface area (Å²) in [5, 5.41) is 14.1. The number of amides is 3. The second kappa shape index (κ2) is 9.00. The molecule has 1 atom stereocenters. The Morgan fingerprint density at radius 3 is 2.53 bits per heavy atom. The number of imide groups is 1. The molecule has 5 nitrogen and oxygen atoms in total. The molecule has 0 saturated heterocycles. The number of unbranched alkanes of at least 4 members (excludes halogenated alkanes) is 1. The number of carbonyl (C=O) groups is 2. The number of carbonyl (C=O) groups excluding carboxylic acids is 2. The maximum absolute atomic E-state index is 12.0. The van der Waals surface area contributed by atoms with Crippen molar-refractivity contribution in [2.75, 3.05) is 11.5 Å². The molecule has 0 aromatic heterocycles. The summed E-state index contributed by atoms with van der Waals surface area (Å²) in [7, 11) is 0. The van der Waals surface area contributed by atoms with Gasteiger partial charge in [-0.2, -0.15) is 11.8 Å². The quantitative estimate of drug-likeness (QED) is 0.449. The van der Waals surface area contributed by atoms with Gasteiger partial charge in [0.2, 0.25) is 5.91 Å². The van der Waals surface area contributed by atoms with Crippen LogP contribution in [-0.2, 0) is 4.79 Å². The van der Waals surface area contributed by atoms with Gasteiger partial charge < -0.3 is 5.11 Å². The molecular weight excluding hydrogens is 275 g/mol. The Hall–Kier alpha value is -0.0400. The molecule has 0 bridgehead atoms. The van der Waals surface area contributed by atoms with Gasteiger partial charge in [0, 0.05) is 5.75 Å². The summed E-state index contributed by atoms with van der Waals surface area (Å²) in [6.45, 7) is 4.00. The first-order valence-corrected chi connectivity index (χ1v) is 7.41. The zero-order valence-corrected chi connectivity index (χ0v) is 14.6. The predicted octanol–water partition coefficient (Wildman–Crippen LogP) is -1.68. The van der Waals surface area contributed by atoms with Crippen molar-refractivity contribution >= 4 is 29.6 Å².